The second-order valence-corrected chi connectivity index (χ2v) is 13.5. The minimum Gasteiger partial charge on any atom is -0.393 e. The molecule has 246 valence electrons. The second-order valence-electron chi connectivity index (χ2n) is 12.8. The number of aromatic nitrogens is 6. The molecule has 0 amide bonds. The van der Waals surface area contributed by atoms with Gasteiger partial charge in [0.15, 0.2) is 33.3 Å². The maximum atomic E-state index is 6.16. The number of rotatable bonds is 7. The number of hydrogen-bond acceptors (Lipinski definition) is 13. The van der Waals surface area contributed by atoms with Crippen LogP contribution >= 0.6 is 23.2 Å². The van der Waals surface area contributed by atoms with Gasteiger partial charge in [0, 0.05) is 26.1 Å². The van der Waals surface area contributed by atoms with Crippen LogP contribution in [0, 0.1) is 11.8 Å². The third-order valence-corrected chi connectivity index (χ3v) is 9.30. The zero-order chi connectivity index (χ0) is 32.1. The van der Waals surface area contributed by atoms with Gasteiger partial charge in [-0.05, 0) is 40.5 Å². The average molecular weight is 668 g/mol. The van der Waals surface area contributed by atoms with Crippen LogP contribution < -0.4 is 11.1 Å². The van der Waals surface area contributed by atoms with Crippen LogP contribution in [0.1, 0.15) is 46.6 Å². The Labute approximate surface area is 271 Å². The number of nitrogens with two attached hydrogens (primary N) is 1. The molecule has 7 rings (SSSR count). The Hall–Kier alpha value is -2.43. The van der Waals surface area contributed by atoms with Crippen molar-refractivity contribution in [3.8, 4) is 0 Å². The lowest BCUT2D eigenvalue weighted by molar-refractivity contribution is -0.162. The Kier molecular flexibility index (Phi) is 9.13. The molecule has 3 aromatic heterocycles. The monoisotopic (exact) mass is 666 g/mol. The largest absolute Gasteiger partial charge is 0.393 e. The lowest BCUT2D eigenvalue weighted by Gasteiger charge is -2.24. The summed E-state index contributed by atoms with van der Waals surface area (Å²) >= 11 is 12.1. The number of anilines is 2. The number of nitrogens with one attached hydrogen (secondary N) is 1. The third kappa shape index (κ3) is 6.44. The Bertz CT molecular complexity index is 1510. The molecule has 2 saturated carbocycles. The van der Waals surface area contributed by atoms with Crippen LogP contribution in [0.5, 0.6) is 0 Å². The number of nitrogen functional groups attached to an aromatic ring is 1. The van der Waals surface area contributed by atoms with E-state index >= 15 is 0 Å². The maximum Gasteiger partial charge on any atom is 0.165 e. The van der Waals surface area contributed by atoms with Crippen LogP contribution in [0.4, 0.5) is 11.5 Å². The lowest BCUT2D eigenvalue weighted by atomic mass is 10.1. The van der Waals surface area contributed by atoms with Crippen molar-refractivity contribution in [2.45, 2.75) is 88.6 Å². The molecular formula is C29H40Cl2N8O6. The van der Waals surface area contributed by atoms with Gasteiger partial charge in [0.2, 0.25) is 0 Å². The van der Waals surface area contributed by atoms with Gasteiger partial charge >= 0.3 is 0 Å². The van der Waals surface area contributed by atoms with Gasteiger partial charge in [-0.25, -0.2) is 24.9 Å². The summed E-state index contributed by atoms with van der Waals surface area (Å²) in [6.07, 6.45) is 6.19. The minimum absolute atomic E-state index is 0.00436. The first kappa shape index (κ1) is 32.5. The molecule has 0 aromatic carbocycles. The molecule has 2 saturated heterocycles. The van der Waals surface area contributed by atoms with E-state index in [0.717, 1.165) is 18.5 Å². The molecule has 5 heterocycles. The van der Waals surface area contributed by atoms with Gasteiger partial charge in [0.25, 0.3) is 0 Å². The van der Waals surface area contributed by atoms with E-state index in [-0.39, 0.29) is 53.5 Å². The fourth-order valence-corrected chi connectivity index (χ4v) is 7.35. The molecule has 4 aliphatic rings. The Morgan fingerprint density at radius 1 is 0.822 bits per heavy atom. The highest BCUT2D eigenvalue weighted by Crippen LogP contribution is 2.48. The van der Waals surface area contributed by atoms with Crippen LogP contribution in [-0.2, 0) is 28.4 Å². The number of imidazole rings is 1. The summed E-state index contributed by atoms with van der Waals surface area (Å²) in [4.78, 5) is 20.7. The van der Waals surface area contributed by atoms with Crippen LogP contribution in [0.2, 0.25) is 10.3 Å². The Balaban J connectivity index is 0.000000159. The molecule has 16 heteroatoms. The minimum atomic E-state index is -0.601. The molecule has 4 fully saturated rings. The van der Waals surface area contributed by atoms with E-state index in [9.17, 15) is 0 Å². The molecule has 2 aliphatic heterocycles. The van der Waals surface area contributed by atoms with Crippen molar-refractivity contribution in [1.29, 1.82) is 0 Å². The first-order valence-corrected chi connectivity index (χ1v) is 15.7. The summed E-state index contributed by atoms with van der Waals surface area (Å²) in [6.45, 7) is 8.98. The van der Waals surface area contributed by atoms with Gasteiger partial charge in [0.05, 0.1) is 43.8 Å². The highest BCUT2D eigenvalue weighted by Gasteiger charge is 2.55. The van der Waals surface area contributed by atoms with Crippen molar-refractivity contribution in [3.05, 3.63) is 29.3 Å². The van der Waals surface area contributed by atoms with Crippen LogP contribution in [0.15, 0.2) is 19.0 Å². The average Bonchev–Trinajstić information content (AvgIpc) is 3.76. The zero-order valence-corrected chi connectivity index (χ0v) is 27.7. The van der Waals surface area contributed by atoms with E-state index in [4.69, 9.17) is 57.4 Å². The van der Waals surface area contributed by atoms with E-state index in [1.807, 2.05) is 32.3 Å². The number of fused-ring (bicyclic) bond motifs is 3. The molecule has 0 spiro atoms. The van der Waals surface area contributed by atoms with Crippen LogP contribution in [0.25, 0.3) is 11.2 Å². The summed E-state index contributed by atoms with van der Waals surface area (Å²) < 4.78 is 37.0. The smallest absolute Gasteiger partial charge is 0.165 e. The summed E-state index contributed by atoms with van der Waals surface area (Å²) in [6, 6.07) is 0.109. The number of hydrogen-bond donors (Lipinski definition) is 2. The first-order chi connectivity index (χ1) is 21.4. The summed E-state index contributed by atoms with van der Waals surface area (Å²) in [7, 11) is 3.40. The molecule has 0 bridgehead atoms. The number of ether oxygens (including phenoxy) is 6. The van der Waals surface area contributed by atoms with E-state index in [0.29, 0.717) is 35.4 Å². The maximum absolute atomic E-state index is 6.16. The van der Waals surface area contributed by atoms with Crippen molar-refractivity contribution in [2.75, 3.05) is 38.5 Å². The predicted octanol–water partition coefficient (Wildman–Crippen LogP) is 3.89. The van der Waals surface area contributed by atoms with E-state index in [1.54, 1.807) is 20.5 Å². The molecule has 8 atom stereocenters. The fourth-order valence-electron chi connectivity index (χ4n) is 7.04. The standard InChI is InChI=1S/C15H19ClN4O3.C14H21ClN4O3/c1-15(2)22-11-8(5-21-3)4-9(12(11)23-15)20-7-19-10-13(16)17-6-18-14(10)20;1-14(2)21-10-7(5-20-3)4-8(11(10)22-14)19-13-9(16)12(15)17-6-18-13/h6-9,11-12H,4-5H2,1-3H3;6-8,10-11H,4-5,16H2,1-3H3,(H,17,18,19)/t8-,9-,11-,12+;7-,8-,10-,11+/m11/s1. The van der Waals surface area contributed by atoms with Gasteiger partial charge in [-0.2, -0.15) is 0 Å². The predicted molar refractivity (Wildman–Crippen MR) is 166 cm³/mol. The number of methoxy groups -OCH3 is 2. The molecule has 0 unspecified atom stereocenters. The van der Waals surface area contributed by atoms with Crippen molar-refractivity contribution >= 4 is 45.9 Å². The van der Waals surface area contributed by atoms with Crippen molar-refractivity contribution < 1.29 is 28.4 Å². The number of nitrogens with zero attached hydrogens (tertiary/aromatic N) is 6. The van der Waals surface area contributed by atoms with Crippen LogP contribution in [-0.4, -0.2) is 99.0 Å². The summed E-state index contributed by atoms with van der Waals surface area (Å²) in [5.74, 6) is -0.144. The molecule has 45 heavy (non-hydrogen) atoms. The van der Waals surface area contributed by atoms with Gasteiger partial charge in [-0.15, -0.1) is 0 Å². The topological polar surface area (TPSA) is 163 Å². The second kappa shape index (κ2) is 12.6. The van der Waals surface area contributed by atoms with Gasteiger partial charge in [-0.1, -0.05) is 23.2 Å². The quantitative estimate of drug-likeness (QED) is 0.350. The normalized spacial score (nSPS) is 32.7. The van der Waals surface area contributed by atoms with Gasteiger partial charge in [0.1, 0.15) is 36.1 Å². The molecule has 0 radical (unpaired) electrons. The van der Waals surface area contributed by atoms with Gasteiger partial charge < -0.3 is 44.0 Å². The molecule has 14 nitrogen and oxygen atoms in total. The van der Waals surface area contributed by atoms with E-state index < -0.39 is 11.6 Å². The van der Waals surface area contributed by atoms with E-state index in [1.165, 1.54) is 12.7 Å². The van der Waals surface area contributed by atoms with Crippen LogP contribution in [0.3, 0.4) is 0 Å². The first-order valence-electron chi connectivity index (χ1n) is 15.0. The third-order valence-electron chi connectivity index (χ3n) is 8.72. The van der Waals surface area contributed by atoms with Crippen molar-refractivity contribution in [3.63, 3.8) is 0 Å². The molecule has 2 aliphatic carbocycles. The zero-order valence-electron chi connectivity index (χ0n) is 26.1. The molecule has 3 aromatic rings. The SMILES string of the molecule is COC[C@H]1C[C@@H](Nc2ncnc(Cl)c2N)[C@@H]2OC(C)(C)O[C@H]12.COC[C@H]1C[C@@H](n2cnc3c(Cl)ncnc32)[C@@H]2OC(C)(C)O[C@H]12. The van der Waals surface area contributed by atoms with Gasteiger partial charge in [-0.3, -0.25) is 0 Å². The van der Waals surface area contributed by atoms with Crippen molar-refractivity contribution in [2.24, 2.45) is 11.8 Å². The van der Waals surface area contributed by atoms with E-state index in [2.05, 4.69) is 30.2 Å². The van der Waals surface area contributed by atoms with Crippen molar-refractivity contribution in [1.82, 2.24) is 29.5 Å². The Morgan fingerprint density at radius 3 is 2.09 bits per heavy atom. The summed E-state index contributed by atoms with van der Waals surface area (Å²) in [5.41, 5.74) is 7.60. The molecular weight excluding hydrogens is 627 g/mol. The highest BCUT2D eigenvalue weighted by molar-refractivity contribution is 6.33. The molecule has 3 N–H and O–H groups in total. The highest BCUT2D eigenvalue weighted by atomic mass is 35.5. The fraction of sp³-hybridized carbons (Fsp3) is 0.690. The summed E-state index contributed by atoms with van der Waals surface area (Å²) in [5, 5.41) is 3.93. The Morgan fingerprint density at radius 2 is 1.40 bits per heavy atom. The number of halogens is 2. The lowest BCUT2D eigenvalue weighted by Crippen LogP contribution is -2.34.